The molecule has 1 spiro atoms. The Balaban J connectivity index is 1.63. The van der Waals surface area contributed by atoms with E-state index >= 15 is 0 Å². The topological polar surface area (TPSA) is 29.5 Å². The highest BCUT2D eigenvalue weighted by Crippen LogP contribution is 2.41. The van der Waals surface area contributed by atoms with Gasteiger partial charge in [0, 0.05) is 38.1 Å². The largest absolute Gasteiger partial charge is 0.375 e. The number of rotatable bonds is 1. The number of nitrogens with zero attached hydrogens (tertiary/aromatic N) is 1. The van der Waals surface area contributed by atoms with E-state index in [1.165, 1.54) is 32.1 Å². The highest BCUT2D eigenvalue weighted by molar-refractivity contribution is 5.81. The fraction of sp³-hybridized carbons (Fsp3) is 0.933. The monoisotopic (exact) mass is 251 g/mol. The predicted octanol–water partition coefficient (Wildman–Crippen LogP) is 2.39. The Bertz CT molecular complexity index is 322. The number of hydrogen-bond acceptors (Lipinski definition) is 3. The second kappa shape index (κ2) is 4.93. The first-order chi connectivity index (χ1) is 8.69. The summed E-state index contributed by atoms with van der Waals surface area (Å²) in [6.07, 6.45) is 8.29. The van der Waals surface area contributed by atoms with Crippen molar-refractivity contribution in [1.29, 1.82) is 0 Å². The van der Waals surface area contributed by atoms with Crippen molar-refractivity contribution in [2.75, 3.05) is 19.7 Å². The van der Waals surface area contributed by atoms with Crippen LogP contribution < -0.4 is 0 Å². The fourth-order valence-corrected chi connectivity index (χ4v) is 4.06. The first kappa shape index (κ1) is 12.6. The Morgan fingerprint density at radius 2 is 2.11 bits per heavy atom. The lowest BCUT2D eigenvalue weighted by molar-refractivity contribution is -0.130. The zero-order chi connectivity index (χ0) is 12.6. The highest BCUT2D eigenvalue weighted by Gasteiger charge is 2.42. The summed E-state index contributed by atoms with van der Waals surface area (Å²) in [6, 6.07) is 0.660. The highest BCUT2D eigenvalue weighted by atomic mass is 16.5. The molecule has 102 valence electrons. The molecule has 0 radical (unpaired) electrons. The maximum Gasteiger partial charge on any atom is 0.138 e. The predicted molar refractivity (Wildman–Crippen MR) is 70.5 cm³/mol. The van der Waals surface area contributed by atoms with Crippen molar-refractivity contribution >= 4 is 5.78 Å². The van der Waals surface area contributed by atoms with Gasteiger partial charge in [0.15, 0.2) is 0 Å². The van der Waals surface area contributed by atoms with Gasteiger partial charge in [-0.1, -0.05) is 19.8 Å². The van der Waals surface area contributed by atoms with Crippen LogP contribution in [0.3, 0.4) is 0 Å². The minimum absolute atomic E-state index is 0.202. The van der Waals surface area contributed by atoms with Crippen molar-refractivity contribution in [1.82, 2.24) is 4.90 Å². The third-order valence-corrected chi connectivity index (χ3v) is 5.20. The summed E-state index contributed by atoms with van der Waals surface area (Å²) in [6.45, 7) is 4.95. The second-order valence-electron chi connectivity index (χ2n) is 6.50. The number of hydrogen-bond donors (Lipinski definition) is 0. The summed E-state index contributed by atoms with van der Waals surface area (Å²) in [5.41, 5.74) is 0.202. The van der Waals surface area contributed by atoms with E-state index in [-0.39, 0.29) is 11.5 Å². The Morgan fingerprint density at radius 3 is 2.83 bits per heavy atom. The molecule has 0 aromatic carbocycles. The zero-order valence-electron chi connectivity index (χ0n) is 11.5. The number of ether oxygens (including phenoxy) is 1. The van der Waals surface area contributed by atoms with Gasteiger partial charge in [-0.25, -0.2) is 0 Å². The number of likely N-dealkylation sites (tertiary alicyclic amines) is 1. The van der Waals surface area contributed by atoms with Crippen molar-refractivity contribution in [3.63, 3.8) is 0 Å². The number of Topliss-reactive ketones (excluding diaryl/α,β-unsaturated/α-hetero) is 1. The minimum Gasteiger partial charge on any atom is -0.375 e. The standard InChI is InChI=1S/C15H25NO2/c1-12-11-16(8-4-14(12)17)13-5-9-18-15(10-13)6-2-3-7-15/h12-13H,2-11H2,1H3. The number of carbonyl (C=O) groups excluding carboxylic acids is 1. The molecule has 0 aromatic heterocycles. The summed E-state index contributed by atoms with van der Waals surface area (Å²) in [5, 5.41) is 0. The van der Waals surface area contributed by atoms with Gasteiger partial charge in [0.05, 0.1) is 5.60 Å². The van der Waals surface area contributed by atoms with Gasteiger partial charge >= 0.3 is 0 Å². The van der Waals surface area contributed by atoms with Crippen molar-refractivity contribution in [2.24, 2.45) is 5.92 Å². The van der Waals surface area contributed by atoms with Crippen LogP contribution in [0.15, 0.2) is 0 Å². The second-order valence-corrected chi connectivity index (χ2v) is 6.50. The summed E-state index contributed by atoms with van der Waals surface area (Å²) in [5.74, 6) is 0.690. The molecule has 0 N–H and O–H groups in total. The van der Waals surface area contributed by atoms with E-state index in [0.717, 1.165) is 32.5 Å². The molecule has 3 fully saturated rings. The quantitative estimate of drug-likeness (QED) is 0.716. The molecule has 0 bridgehead atoms. The van der Waals surface area contributed by atoms with Crippen molar-refractivity contribution in [2.45, 2.75) is 63.5 Å². The van der Waals surface area contributed by atoms with E-state index in [9.17, 15) is 4.79 Å². The lowest BCUT2D eigenvalue weighted by Gasteiger charge is -2.45. The Morgan fingerprint density at radius 1 is 1.33 bits per heavy atom. The summed E-state index contributed by atoms with van der Waals surface area (Å²) >= 11 is 0. The van der Waals surface area contributed by atoms with Crippen molar-refractivity contribution < 1.29 is 9.53 Å². The van der Waals surface area contributed by atoms with Gasteiger partial charge in [-0.05, 0) is 25.7 Å². The lowest BCUT2D eigenvalue weighted by Crippen LogP contribution is -2.51. The number of carbonyl (C=O) groups is 1. The normalized spacial score (nSPS) is 37.3. The van der Waals surface area contributed by atoms with Gasteiger partial charge in [-0.15, -0.1) is 0 Å². The van der Waals surface area contributed by atoms with Gasteiger partial charge in [-0.2, -0.15) is 0 Å². The average Bonchev–Trinajstić information content (AvgIpc) is 2.81. The lowest BCUT2D eigenvalue weighted by atomic mass is 9.86. The molecule has 2 saturated heterocycles. The third-order valence-electron chi connectivity index (χ3n) is 5.20. The summed E-state index contributed by atoms with van der Waals surface area (Å²) < 4.78 is 6.10. The van der Waals surface area contributed by atoms with Crippen LogP contribution in [0, 0.1) is 5.92 Å². The molecule has 2 unspecified atom stereocenters. The minimum atomic E-state index is 0.202. The van der Waals surface area contributed by atoms with Gasteiger partial charge < -0.3 is 4.74 Å². The summed E-state index contributed by atoms with van der Waals surface area (Å²) in [7, 11) is 0. The fourth-order valence-electron chi connectivity index (χ4n) is 4.06. The van der Waals surface area contributed by atoms with Crippen LogP contribution in [0.5, 0.6) is 0 Å². The molecule has 18 heavy (non-hydrogen) atoms. The average molecular weight is 251 g/mol. The van der Waals surface area contributed by atoms with Gasteiger partial charge in [0.25, 0.3) is 0 Å². The van der Waals surface area contributed by atoms with E-state index in [4.69, 9.17) is 4.74 Å². The SMILES string of the molecule is CC1CN(C2CCOC3(CCCC3)C2)CCC1=O. The Kier molecular flexibility index (Phi) is 3.46. The third kappa shape index (κ3) is 2.35. The molecule has 0 aromatic rings. The molecule has 1 saturated carbocycles. The molecule has 3 nitrogen and oxygen atoms in total. The zero-order valence-corrected chi connectivity index (χ0v) is 11.5. The Hall–Kier alpha value is -0.410. The molecule has 3 rings (SSSR count). The maximum absolute atomic E-state index is 11.6. The molecule has 2 aliphatic heterocycles. The smallest absolute Gasteiger partial charge is 0.138 e. The van der Waals surface area contributed by atoms with Crippen LogP contribution in [0.2, 0.25) is 0 Å². The van der Waals surface area contributed by atoms with Crippen LogP contribution in [-0.2, 0) is 9.53 Å². The van der Waals surface area contributed by atoms with E-state index in [1.807, 2.05) is 0 Å². The molecule has 3 heteroatoms. The molecule has 1 aliphatic carbocycles. The number of piperidine rings is 1. The van der Waals surface area contributed by atoms with E-state index in [1.54, 1.807) is 0 Å². The van der Waals surface area contributed by atoms with Crippen molar-refractivity contribution in [3.8, 4) is 0 Å². The molecular weight excluding hydrogens is 226 g/mol. The van der Waals surface area contributed by atoms with Crippen molar-refractivity contribution in [3.05, 3.63) is 0 Å². The van der Waals surface area contributed by atoms with Gasteiger partial charge in [-0.3, -0.25) is 9.69 Å². The maximum atomic E-state index is 11.6. The van der Waals surface area contributed by atoms with Crippen LogP contribution in [0.4, 0.5) is 0 Å². The first-order valence-corrected chi connectivity index (χ1v) is 7.59. The first-order valence-electron chi connectivity index (χ1n) is 7.59. The van der Waals surface area contributed by atoms with Gasteiger partial charge in [0.1, 0.15) is 5.78 Å². The van der Waals surface area contributed by atoms with Gasteiger partial charge in [0.2, 0.25) is 0 Å². The molecule has 0 amide bonds. The van der Waals surface area contributed by atoms with E-state index < -0.39 is 0 Å². The molecule has 3 aliphatic rings. The van der Waals surface area contributed by atoms with Crippen LogP contribution in [-0.4, -0.2) is 42.0 Å². The Labute approximate surface area is 110 Å². The molecule has 2 atom stereocenters. The summed E-state index contributed by atoms with van der Waals surface area (Å²) in [4.78, 5) is 14.2. The number of ketones is 1. The van der Waals surface area contributed by atoms with E-state index in [0.29, 0.717) is 11.8 Å². The van der Waals surface area contributed by atoms with Crippen LogP contribution >= 0.6 is 0 Å². The van der Waals surface area contributed by atoms with Crippen LogP contribution in [0.1, 0.15) is 51.9 Å². The van der Waals surface area contributed by atoms with Crippen LogP contribution in [0.25, 0.3) is 0 Å². The van der Waals surface area contributed by atoms with E-state index in [2.05, 4.69) is 11.8 Å². The molecule has 2 heterocycles. The molecular formula is C15H25NO2.